The maximum Gasteiger partial charge on any atom is 0.243 e. The van der Waals surface area contributed by atoms with Crippen LogP contribution in [0, 0.1) is 17.8 Å². The molecule has 9 heteroatoms. The van der Waals surface area contributed by atoms with E-state index in [1.807, 2.05) is 50.2 Å². The smallest absolute Gasteiger partial charge is 0.243 e. The van der Waals surface area contributed by atoms with Crippen LogP contribution in [0.5, 0.6) is 0 Å². The van der Waals surface area contributed by atoms with E-state index in [1.165, 1.54) is 0 Å². The Labute approximate surface area is 307 Å². The summed E-state index contributed by atoms with van der Waals surface area (Å²) in [6, 6.07) is 27.0. The number of H-pyrrole nitrogens is 1. The van der Waals surface area contributed by atoms with Crippen molar-refractivity contribution in [3.8, 4) is 0 Å². The number of carbonyl (C=O) groups is 3. The number of nitrogens with one attached hydrogen (secondary N) is 4. The Morgan fingerprint density at radius 1 is 0.769 bits per heavy atom. The predicted octanol–water partition coefficient (Wildman–Crippen LogP) is 6.29. The van der Waals surface area contributed by atoms with Gasteiger partial charge in [0.1, 0.15) is 6.04 Å². The number of aromatic amines is 1. The number of benzene rings is 4. The van der Waals surface area contributed by atoms with Crippen molar-refractivity contribution in [2.75, 3.05) is 6.54 Å². The molecular weight excluding hydrogens is 651 g/mol. The third-order valence-electron chi connectivity index (χ3n) is 9.93. The Morgan fingerprint density at radius 2 is 1.37 bits per heavy atom. The van der Waals surface area contributed by atoms with Gasteiger partial charge in [-0.3, -0.25) is 14.4 Å². The van der Waals surface area contributed by atoms with E-state index in [4.69, 9.17) is 0 Å². The van der Waals surface area contributed by atoms with E-state index in [0.717, 1.165) is 39.1 Å². The van der Waals surface area contributed by atoms with Crippen LogP contribution in [0.1, 0.15) is 63.8 Å². The molecular formula is C43H53N5O4. The number of nitrogens with zero attached hydrogens (tertiary/aromatic N) is 1. The summed E-state index contributed by atoms with van der Waals surface area (Å²) in [7, 11) is 0. The molecule has 0 saturated carbocycles. The van der Waals surface area contributed by atoms with Gasteiger partial charge in [0.25, 0.3) is 0 Å². The monoisotopic (exact) mass is 703 g/mol. The average molecular weight is 704 g/mol. The van der Waals surface area contributed by atoms with Gasteiger partial charge in [-0.05, 0) is 63.8 Å². The number of aromatic nitrogens is 2. The summed E-state index contributed by atoms with van der Waals surface area (Å²) in [5.41, 5.74) is 2.80. The number of aliphatic hydroxyl groups excluding tert-OH is 1. The first-order valence-corrected chi connectivity index (χ1v) is 18.6. The highest BCUT2D eigenvalue weighted by Crippen LogP contribution is 2.26. The Kier molecular flexibility index (Phi) is 13.6. The molecule has 0 aliphatic rings. The van der Waals surface area contributed by atoms with Crippen LogP contribution in [0.2, 0.25) is 0 Å². The molecule has 0 aliphatic carbocycles. The minimum absolute atomic E-state index is 0.134. The zero-order valence-corrected chi connectivity index (χ0v) is 30.8. The van der Waals surface area contributed by atoms with Gasteiger partial charge in [-0.1, -0.05) is 119 Å². The summed E-state index contributed by atoms with van der Waals surface area (Å²) < 4.78 is 0. The van der Waals surface area contributed by atoms with Gasteiger partial charge in [0.15, 0.2) is 0 Å². The maximum atomic E-state index is 14.5. The van der Waals surface area contributed by atoms with Gasteiger partial charge in [-0.25, -0.2) is 4.98 Å². The Bertz CT molecular complexity index is 1830. The van der Waals surface area contributed by atoms with E-state index in [0.29, 0.717) is 37.4 Å². The predicted molar refractivity (Wildman–Crippen MR) is 207 cm³/mol. The minimum atomic E-state index is -1.10. The van der Waals surface area contributed by atoms with Crippen LogP contribution in [0.15, 0.2) is 97.5 Å². The molecule has 52 heavy (non-hydrogen) atoms. The van der Waals surface area contributed by atoms with Crippen LogP contribution < -0.4 is 16.0 Å². The first-order chi connectivity index (χ1) is 25.1. The van der Waals surface area contributed by atoms with E-state index >= 15 is 0 Å². The molecule has 3 amide bonds. The van der Waals surface area contributed by atoms with Gasteiger partial charge in [0.05, 0.1) is 24.9 Å². The number of amides is 3. The minimum Gasteiger partial charge on any atom is -0.390 e. The summed E-state index contributed by atoms with van der Waals surface area (Å²) in [6.07, 6.45) is 4.44. The molecule has 5 rings (SSSR count). The second-order valence-corrected chi connectivity index (χ2v) is 14.6. The second-order valence-electron chi connectivity index (χ2n) is 14.6. The number of fused-ring (bicyclic) bond motifs is 2. The fourth-order valence-electron chi connectivity index (χ4n) is 6.78. The molecule has 0 fully saturated rings. The summed E-state index contributed by atoms with van der Waals surface area (Å²) in [4.78, 5) is 48.6. The topological polar surface area (TPSA) is 136 Å². The van der Waals surface area contributed by atoms with Crippen LogP contribution in [-0.2, 0) is 33.6 Å². The van der Waals surface area contributed by atoms with Crippen LogP contribution in [0.25, 0.3) is 21.5 Å². The highest BCUT2D eigenvalue weighted by atomic mass is 16.3. The molecule has 4 atom stereocenters. The van der Waals surface area contributed by atoms with Crippen molar-refractivity contribution in [1.82, 2.24) is 25.9 Å². The lowest BCUT2D eigenvalue weighted by Crippen LogP contribution is -2.55. The van der Waals surface area contributed by atoms with Crippen LogP contribution in [-0.4, -0.2) is 57.5 Å². The quantitative estimate of drug-likeness (QED) is 0.0731. The Morgan fingerprint density at radius 3 is 1.92 bits per heavy atom. The van der Waals surface area contributed by atoms with Gasteiger partial charge in [0.2, 0.25) is 17.7 Å². The van der Waals surface area contributed by atoms with Crippen molar-refractivity contribution in [2.45, 2.75) is 84.4 Å². The van der Waals surface area contributed by atoms with Crippen molar-refractivity contribution < 1.29 is 19.5 Å². The Balaban J connectivity index is 1.41. The zero-order valence-electron chi connectivity index (χ0n) is 30.8. The second kappa shape index (κ2) is 18.5. The van der Waals surface area contributed by atoms with E-state index in [9.17, 15) is 19.5 Å². The lowest BCUT2D eigenvalue weighted by molar-refractivity contribution is -0.132. The van der Waals surface area contributed by atoms with Crippen molar-refractivity contribution >= 4 is 39.3 Å². The van der Waals surface area contributed by atoms with Crippen molar-refractivity contribution in [3.63, 3.8) is 0 Å². The van der Waals surface area contributed by atoms with Gasteiger partial charge < -0.3 is 26.0 Å². The van der Waals surface area contributed by atoms with E-state index in [2.05, 4.69) is 88.3 Å². The SMILES string of the molecule is CCC(C)CNC(=O)CC(O)C(CC(C)C)NC(=O)C(Cc1cnc[nH]1)NC(=O)C(Cc1cccc2ccccc12)Cc1cccc2ccccc12. The van der Waals surface area contributed by atoms with E-state index in [1.54, 1.807) is 12.5 Å². The molecule has 0 radical (unpaired) electrons. The molecule has 0 bridgehead atoms. The van der Waals surface area contributed by atoms with Gasteiger partial charge in [0, 0.05) is 30.8 Å². The molecule has 4 unspecified atom stereocenters. The largest absolute Gasteiger partial charge is 0.390 e. The first kappa shape index (κ1) is 38.2. The molecule has 1 aromatic heterocycles. The molecule has 5 aromatic rings. The third kappa shape index (κ3) is 10.5. The molecule has 0 aliphatic heterocycles. The highest BCUT2D eigenvalue weighted by molar-refractivity contribution is 5.91. The number of carbonyl (C=O) groups excluding carboxylic acids is 3. The van der Waals surface area contributed by atoms with Crippen LogP contribution in [0.4, 0.5) is 0 Å². The summed E-state index contributed by atoms with van der Waals surface area (Å²) in [5, 5.41) is 24.6. The van der Waals surface area contributed by atoms with Crippen molar-refractivity contribution in [1.29, 1.82) is 0 Å². The molecule has 5 N–H and O–H groups in total. The molecule has 9 nitrogen and oxygen atoms in total. The van der Waals surface area contributed by atoms with Gasteiger partial charge in [-0.15, -0.1) is 0 Å². The third-order valence-corrected chi connectivity index (χ3v) is 9.93. The number of hydrogen-bond donors (Lipinski definition) is 5. The number of aliphatic hydroxyl groups is 1. The van der Waals surface area contributed by atoms with E-state index < -0.39 is 30.0 Å². The molecule has 1 heterocycles. The van der Waals surface area contributed by atoms with Gasteiger partial charge in [-0.2, -0.15) is 0 Å². The summed E-state index contributed by atoms with van der Waals surface area (Å²) in [5.74, 6) is -0.978. The zero-order chi connectivity index (χ0) is 37.0. The lowest BCUT2D eigenvalue weighted by Gasteiger charge is -2.29. The number of rotatable bonds is 18. The number of hydrogen-bond acceptors (Lipinski definition) is 5. The molecule has 0 saturated heterocycles. The lowest BCUT2D eigenvalue weighted by atomic mass is 9.87. The van der Waals surface area contributed by atoms with Gasteiger partial charge >= 0.3 is 0 Å². The van der Waals surface area contributed by atoms with E-state index in [-0.39, 0.29) is 30.6 Å². The van der Waals surface area contributed by atoms with Crippen LogP contribution >= 0.6 is 0 Å². The molecule has 4 aromatic carbocycles. The first-order valence-electron chi connectivity index (χ1n) is 18.6. The summed E-state index contributed by atoms with van der Waals surface area (Å²) >= 11 is 0. The molecule has 274 valence electrons. The van der Waals surface area contributed by atoms with Crippen LogP contribution in [0.3, 0.4) is 0 Å². The maximum absolute atomic E-state index is 14.5. The molecule has 0 spiro atoms. The fraction of sp³-hybridized carbons (Fsp3) is 0.395. The Hall–Kier alpha value is -5.02. The fourth-order valence-corrected chi connectivity index (χ4v) is 6.78. The van der Waals surface area contributed by atoms with Crippen molar-refractivity contribution in [2.24, 2.45) is 17.8 Å². The standard InChI is InChI=1S/C43H53N5O4/c1-5-29(4)25-45-41(50)24-40(49)38(20-28(2)3)47-43(52)39(23-35-26-44-27-46-35)48-42(51)34(21-32-16-10-14-30-12-6-8-18-36(30)32)22-33-17-11-15-31-13-7-9-19-37(31)33/h6-19,26-29,34,38-40,49H,5,20-25H2,1-4H3,(H,44,46)(H,45,50)(H,47,52)(H,48,51). The highest BCUT2D eigenvalue weighted by Gasteiger charge is 2.31. The van der Waals surface area contributed by atoms with Crippen molar-refractivity contribution in [3.05, 3.63) is 114 Å². The number of imidazole rings is 1. The normalized spacial score (nSPS) is 13.9. The average Bonchev–Trinajstić information content (AvgIpc) is 3.66. The summed E-state index contributed by atoms with van der Waals surface area (Å²) in [6.45, 7) is 8.66.